The van der Waals surface area contributed by atoms with Gasteiger partial charge in [0.1, 0.15) is 6.04 Å². The van der Waals surface area contributed by atoms with E-state index in [0.29, 0.717) is 0 Å². The Kier molecular flexibility index (Phi) is 5.34. The lowest BCUT2D eigenvalue weighted by atomic mass is 9.92. The van der Waals surface area contributed by atoms with Crippen molar-refractivity contribution in [3.63, 3.8) is 0 Å². The first-order valence-electron chi connectivity index (χ1n) is 6.23. The van der Waals surface area contributed by atoms with Crippen molar-refractivity contribution in [3.8, 4) is 0 Å². The molecule has 7 nitrogen and oxygen atoms in total. The summed E-state index contributed by atoms with van der Waals surface area (Å²) in [5.74, 6) is -3.50. The van der Waals surface area contributed by atoms with Gasteiger partial charge in [-0.3, -0.25) is 14.9 Å². The molecule has 1 rings (SSSR count). The minimum Gasteiger partial charge on any atom is -0.480 e. The Morgan fingerprint density at radius 3 is 2.52 bits per heavy atom. The second-order valence-electron chi connectivity index (χ2n) is 4.49. The summed E-state index contributed by atoms with van der Waals surface area (Å²) in [7, 11) is 0. The Morgan fingerprint density at radius 1 is 1.48 bits per heavy atom. The summed E-state index contributed by atoms with van der Waals surface area (Å²) >= 11 is 0. The van der Waals surface area contributed by atoms with Crippen molar-refractivity contribution in [1.29, 1.82) is 0 Å². The van der Waals surface area contributed by atoms with E-state index >= 15 is 0 Å². The number of rotatable bonds is 6. The second-order valence-corrected chi connectivity index (χ2v) is 4.49. The Morgan fingerprint density at radius 2 is 2.10 bits per heavy atom. The number of hydrogen-bond acceptors (Lipinski definition) is 4. The molecule has 0 aliphatic heterocycles. The molecule has 2 unspecified atom stereocenters. The van der Waals surface area contributed by atoms with Gasteiger partial charge in [0, 0.05) is 18.4 Å². The summed E-state index contributed by atoms with van der Waals surface area (Å²) in [5, 5.41) is 22.0. The molecule has 21 heavy (non-hydrogen) atoms. The first kappa shape index (κ1) is 16.5. The number of carbonyl (C=O) groups is 2. The van der Waals surface area contributed by atoms with E-state index < -0.39 is 40.3 Å². The molecule has 0 aromatic heterocycles. The zero-order chi connectivity index (χ0) is 16.2. The number of benzene rings is 1. The van der Waals surface area contributed by atoms with Gasteiger partial charge < -0.3 is 10.4 Å². The van der Waals surface area contributed by atoms with Crippen LogP contribution in [-0.2, 0) is 9.59 Å². The third-order valence-electron chi connectivity index (χ3n) is 3.10. The Labute approximate surface area is 119 Å². The number of halogens is 1. The van der Waals surface area contributed by atoms with Crippen molar-refractivity contribution >= 4 is 17.6 Å². The fourth-order valence-corrected chi connectivity index (χ4v) is 1.82. The molecule has 0 aliphatic carbocycles. The molecule has 1 amide bonds. The van der Waals surface area contributed by atoms with E-state index in [1.807, 2.05) is 0 Å². The highest BCUT2D eigenvalue weighted by Crippen LogP contribution is 2.25. The first-order valence-corrected chi connectivity index (χ1v) is 6.23. The summed E-state index contributed by atoms with van der Waals surface area (Å²) < 4.78 is 13.6. The number of nitrogens with one attached hydrogen (secondary N) is 1. The quantitative estimate of drug-likeness (QED) is 0.615. The number of carboxylic acids is 1. The number of amides is 1. The zero-order valence-electron chi connectivity index (χ0n) is 11.5. The summed E-state index contributed by atoms with van der Waals surface area (Å²) in [6.45, 7) is 3.07. The molecule has 8 heteroatoms. The van der Waals surface area contributed by atoms with Gasteiger partial charge in [0.15, 0.2) is 0 Å². The van der Waals surface area contributed by atoms with Crippen molar-refractivity contribution in [1.82, 2.24) is 5.32 Å². The first-order chi connectivity index (χ1) is 9.77. The van der Waals surface area contributed by atoms with Crippen LogP contribution in [0.1, 0.15) is 31.7 Å². The molecule has 0 aliphatic rings. The van der Waals surface area contributed by atoms with Crippen LogP contribution in [0, 0.1) is 15.9 Å². The van der Waals surface area contributed by atoms with E-state index in [0.717, 1.165) is 12.1 Å². The predicted molar refractivity (Wildman–Crippen MR) is 71.3 cm³/mol. The van der Waals surface area contributed by atoms with Gasteiger partial charge in [-0.1, -0.05) is 19.9 Å². The summed E-state index contributed by atoms with van der Waals surface area (Å²) in [6, 6.07) is 1.93. The van der Waals surface area contributed by atoms with E-state index in [2.05, 4.69) is 5.32 Å². The largest absolute Gasteiger partial charge is 0.480 e. The van der Waals surface area contributed by atoms with Crippen LogP contribution in [0.5, 0.6) is 0 Å². The standard InChI is InChI=1S/C13H15FN2O5/c1-3-11(17)15-12(13(18)19)7(2)8-4-5-10(16(20)21)9(14)6-8/h4-7,12H,3H2,1-2H3,(H,15,17)(H,18,19). The highest BCUT2D eigenvalue weighted by Gasteiger charge is 2.28. The Bertz CT molecular complexity index is 576. The highest BCUT2D eigenvalue weighted by molar-refractivity contribution is 5.84. The lowest BCUT2D eigenvalue weighted by Gasteiger charge is -2.21. The highest BCUT2D eigenvalue weighted by atomic mass is 19.1. The van der Waals surface area contributed by atoms with E-state index in [9.17, 15) is 24.1 Å². The molecule has 0 fully saturated rings. The Hall–Kier alpha value is -2.51. The predicted octanol–water partition coefficient (Wildman–Crippen LogP) is 1.82. The van der Waals surface area contributed by atoms with Gasteiger partial charge in [-0.15, -0.1) is 0 Å². The van der Waals surface area contributed by atoms with E-state index in [1.54, 1.807) is 6.92 Å². The van der Waals surface area contributed by atoms with Crippen molar-refractivity contribution in [2.24, 2.45) is 0 Å². The Balaban J connectivity index is 3.06. The van der Waals surface area contributed by atoms with Gasteiger partial charge in [-0.05, 0) is 11.6 Å². The molecule has 114 valence electrons. The van der Waals surface area contributed by atoms with Gasteiger partial charge in [0.25, 0.3) is 0 Å². The average molecular weight is 298 g/mol. The smallest absolute Gasteiger partial charge is 0.326 e. The third-order valence-corrected chi connectivity index (χ3v) is 3.10. The molecule has 2 atom stereocenters. The lowest BCUT2D eigenvalue weighted by Crippen LogP contribution is -2.44. The second kappa shape index (κ2) is 6.78. The van der Waals surface area contributed by atoms with Crippen LogP contribution in [-0.4, -0.2) is 27.9 Å². The lowest BCUT2D eigenvalue weighted by molar-refractivity contribution is -0.387. The molecule has 0 heterocycles. The molecule has 0 bridgehead atoms. The van der Waals surface area contributed by atoms with Crippen LogP contribution in [0.15, 0.2) is 18.2 Å². The van der Waals surface area contributed by atoms with Crippen LogP contribution in [0.3, 0.4) is 0 Å². The van der Waals surface area contributed by atoms with Gasteiger partial charge in [0.05, 0.1) is 4.92 Å². The zero-order valence-corrected chi connectivity index (χ0v) is 11.5. The van der Waals surface area contributed by atoms with E-state index in [4.69, 9.17) is 5.11 Å². The van der Waals surface area contributed by atoms with Crippen LogP contribution in [0.25, 0.3) is 0 Å². The van der Waals surface area contributed by atoms with Crippen molar-refractivity contribution in [2.75, 3.05) is 0 Å². The topological polar surface area (TPSA) is 110 Å². The minimum atomic E-state index is -1.26. The van der Waals surface area contributed by atoms with Crippen molar-refractivity contribution < 1.29 is 24.0 Å². The molecule has 0 radical (unpaired) electrons. The average Bonchev–Trinajstić information content (AvgIpc) is 2.42. The number of carbonyl (C=O) groups excluding carboxylic acids is 1. The van der Waals surface area contributed by atoms with Crippen LogP contribution >= 0.6 is 0 Å². The number of carboxylic acid groups (broad SMARTS) is 1. The fourth-order valence-electron chi connectivity index (χ4n) is 1.82. The number of nitro groups is 1. The van der Waals surface area contributed by atoms with E-state index in [-0.39, 0.29) is 12.0 Å². The number of nitro benzene ring substituents is 1. The molecular weight excluding hydrogens is 283 g/mol. The van der Waals surface area contributed by atoms with E-state index in [1.165, 1.54) is 13.0 Å². The molecule has 0 saturated carbocycles. The molecule has 1 aromatic carbocycles. The van der Waals surface area contributed by atoms with Gasteiger partial charge in [-0.25, -0.2) is 4.79 Å². The maximum absolute atomic E-state index is 13.6. The monoisotopic (exact) mass is 298 g/mol. The van der Waals surface area contributed by atoms with Crippen LogP contribution < -0.4 is 5.32 Å². The van der Waals surface area contributed by atoms with Crippen LogP contribution in [0.2, 0.25) is 0 Å². The fraction of sp³-hybridized carbons (Fsp3) is 0.385. The normalized spacial score (nSPS) is 13.3. The van der Waals surface area contributed by atoms with Crippen molar-refractivity contribution in [3.05, 3.63) is 39.7 Å². The SMILES string of the molecule is CCC(=O)NC(C(=O)O)C(C)c1ccc([N+](=O)[O-])c(F)c1. The maximum atomic E-state index is 13.6. The molecule has 0 spiro atoms. The number of nitrogens with zero attached hydrogens (tertiary/aromatic N) is 1. The summed E-state index contributed by atoms with van der Waals surface area (Å²) in [6.07, 6.45) is 0.116. The third kappa shape index (κ3) is 3.98. The molecular formula is C13H15FN2O5. The number of aliphatic carboxylic acids is 1. The minimum absolute atomic E-state index is 0.116. The van der Waals surface area contributed by atoms with Gasteiger partial charge >= 0.3 is 11.7 Å². The molecule has 1 aromatic rings. The molecule has 2 N–H and O–H groups in total. The number of hydrogen-bond donors (Lipinski definition) is 2. The van der Waals surface area contributed by atoms with Crippen molar-refractivity contribution in [2.45, 2.75) is 32.2 Å². The summed E-state index contributed by atoms with van der Waals surface area (Å²) in [5.41, 5.74) is -0.433. The molecule has 0 saturated heterocycles. The van der Waals surface area contributed by atoms with Gasteiger partial charge in [0.2, 0.25) is 11.7 Å². The van der Waals surface area contributed by atoms with Gasteiger partial charge in [-0.2, -0.15) is 4.39 Å². The summed E-state index contributed by atoms with van der Waals surface area (Å²) in [4.78, 5) is 32.2. The maximum Gasteiger partial charge on any atom is 0.326 e. The van der Waals surface area contributed by atoms with Crippen LogP contribution in [0.4, 0.5) is 10.1 Å².